The van der Waals surface area contributed by atoms with Gasteiger partial charge in [-0.05, 0) is 209 Å². The van der Waals surface area contributed by atoms with Gasteiger partial charge in [0.05, 0.1) is 34.5 Å². The zero-order valence-corrected chi connectivity index (χ0v) is 54.3. The number of fused-ring (bicyclic) bond motifs is 13. The maximum atomic E-state index is 10.5. The third kappa shape index (κ3) is 10.1. The topological polar surface area (TPSA) is 49.0 Å². The Morgan fingerprint density at radius 2 is 1.08 bits per heavy atom. The Balaban J connectivity index is 0.00000968. The Morgan fingerprint density at radius 3 is 1.79 bits per heavy atom. The summed E-state index contributed by atoms with van der Waals surface area (Å²) in [7, 11) is 0. The largest absolute Gasteiger partial charge is 0.510 e. The van der Waals surface area contributed by atoms with Crippen LogP contribution in [0.25, 0.3) is 161 Å². The molecule has 466 valence electrons. The summed E-state index contributed by atoms with van der Waals surface area (Å²) in [5.41, 5.74) is 6.25. The molecule has 0 bridgehead atoms. The number of aryl methyl sites for hydroxylation is 2. The van der Waals surface area contributed by atoms with Crippen LogP contribution in [-0.2, 0) is 26.5 Å². The van der Waals surface area contributed by atoms with E-state index in [1.54, 1.807) is 47.2 Å². The summed E-state index contributed by atoms with van der Waals surface area (Å²) in [6.45, 7) is 0.740. The van der Waals surface area contributed by atoms with Gasteiger partial charge in [-0.1, -0.05) is 202 Å². The predicted molar refractivity (Wildman–Crippen MR) is 392 cm³/mol. The van der Waals surface area contributed by atoms with E-state index in [9.17, 15) is 9.60 Å². The molecule has 0 unspecified atom stereocenters. The Morgan fingerprint density at radius 1 is 0.474 bits per heavy atom. The molecule has 0 amide bonds. The van der Waals surface area contributed by atoms with Gasteiger partial charge in [-0.3, -0.25) is 4.57 Å². The second-order valence-electron chi connectivity index (χ2n) is 24.8. The van der Waals surface area contributed by atoms with Crippen LogP contribution in [0, 0.1) is 32.2 Å². The zero-order chi connectivity index (χ0) is 80.7. The smallest absolute Gasteiger partial charge is 0.268 e. The maximum Gasteiger partial charge on any atom is 0.268 e. The molecule has 0 fully saturated rings. The second kappa shape index (κ2) is 23.5. The van der Waals surface area contributed by atoms with Crippen molar-refractivity contribution in [3.8, 4) is 118 Å². The average Bonchev–Trinajstić information content (AvgIpc) is 1.60. The first kappa shape index (κ1) is 42.1. The van der Waals surface area contributed by atoms with Gasteiger partial charge >= 0.3 is 0 Å². The summed E-state index contributed by atoms with van der Waals surface area (Å²) in [6.07, 6.45) is 5.58. The third-order valence-corrected chi connectivity index (χ3v) is 18.0. The standard InChI is InChI=1S/C90H62N4O2.Pt/c1-56-22-20-23-57(2)87(56)65-49-77(60-38-41-85-78(47-60)76-35-17-19-37-84(76)96-85)88-79(50-65)72-32-14-12-30-70(72)71-31-13-15-33-73(71)80-48-64(63-45-61(58-24-8-6-9-25-58)44-62(46-63)59-26-10-7-11-27-59)51-83-89(80)93(88)55-92(83)67-28-21-29-68(53-67)95-69-39-40-75-74-34-16-18-36-81(74)94(82(75)54-69)86-52-66(42-43-91-86)90(3,4)5;/h6-52H,1-5H3;/q-2;/i1D3,2D3,6D,7D,8D,9D,10D,11D,24D,25D,26D,27D,44D,45D,46D;. The monoisotopic (exact) mass is 1440 g/mol. The number of ether oxygens (including phenoxy) is 1. The fraction of sp³-hybridized carbons (Fsp3) is 0.0667. The van der Waals surface area contributed by atoms with E-state index in [4.69, 9.17) is 30.6 Å². The van der Waals surface area contributed by atoms with E-state index in [2.05, 4.69) is 49.9 Å². The summed E-state index contributed by atoms with van der Waals surface area (Å²) in [4.78, 5) is 4.89. The van der Waals surface area contributed by atoms with Gasteiger partial charge in [0.15, 0.2) is 0 Å². The fourth-order valence-electron chi connectivity index (χ4n) is 13.6. The molecule has 5 heterocycles. The van der Waals surface area contributed by atoms with E-state index in [-0.39, 0.29) is 76.8 Å². The second-order valence-corrected chi connectivity index (χ2v) is 24.8. The van der Waals surface area contributed by atoms with Crippen molar-refractivity contribution < 1.29 is 60.8 Å². The number of furan rings is 1. The molecule has 4 aromatic heterocycles. The van der Waals surface area contributed by atoms with Gasteiger partial charge in [0, 0.05) is 63.3 Å². The van der Waals surface area contributed by atoms with Crippen molar-refractivity contribution in [2.75, 3.05) is 0 Å². The van der Waals surface area contributed by atoms with Crippen LogP contribution in [0.3, 0.4) is 0 Å². The first-order valence-corrected chi connectivity index (χ1v) is 31.3. The number of rotatable bonds is 9. The van der Waals surface area contributed by atoms with Gasteiger partial charge in [0.1, 0.15) is 17.0 Å². The summed E-state index contributed by atoms with van der Waals surface area (Å²) in [6, 6.07) is 57.6. The number of imidazole rings is 1. The van der Waals surface area contributed by atoms with Crippen LogP contribution < -0.4 is 9.30 Å². The molecule has 0 saturated carbocycles. The van der Waals surface area contributed by atoms with Crippen LogP contribution in [0.15, 0.2) is 289 Å². The minimum absolute atomic E-state index is 0. The number of pyridine rings is 1. The van der Waals surface area contributed by atoms with E-state index in [0.717, 1.165) is 27.2 Å². The van der Waals surface area contributed by atoms with Crippen LogP contribution in [0.1, 0.15) is 63.5 Å². The van der Waals surface area contributed by atoms with Crippen LogP contribution >= 0.6 is 0 Å². The molecule has 7 heteroatoms. The number of benzene rings is 13. The zero-order valence-electron chi connectivity index (χ0n) is 71.1. The number of nitrogens with zero attached hydrogens (tertiary/aromatic N) is 4. The molecule has 0 spiro atoms. The van der Waals surface area contributed by atoms with Crippen LogP contribution in [0.4, 0.5) is 0 Å². The molecule has 0 radical (unpaired) electrons. The van der Waals surface area contributed by atoms with Gasteiger partial charge in [0.25, 0.3) is 6.33 Å². The molecule has 0 aliphatic carbocycles. The SMILES string of the molecule is [2H]c1c([2H])c([2H])c(-c2c([2H])c(-c3cc4c5c(c3)n(-c3[c-]c(Oc6[c-]c7c(cc6)c6ccccc6n7-c6cc(C(C)(C)C)ccn6)ccc3)[c-][n+]5-c3c(-c5ccc6oc7ccccc7c6c5)cc(-c5c(C([2H])([2H])[2H])cccc5C([2H])([2H])[2H])cc3-c3ccccc3-c3ccccc3-4)c([2H])c(-c3c([2H])c([2H])c([2H])c([2H])c3[2H])c2[2H])c([2H])c1[2H].[Pt]. The minimum atomic E-state index is -2.84. The summed E-state index contributed by atoms with van der Waals surface area (Å²) >= 11 is 0. The molecule has 0 atom stereocenters. The third-order valence-electron chi connectivity index (χ3n) is 18.0. The van der Waals surface area contributed by atoms with Crippen LogP contribution in [0.5, 0.6) is 11.5 Å². The van der Waals surface area contributed by atoms with Gasteiger partial charge in [0.2, 0.25) is 0 Å². The molecular formula is C90H62N4O2Pt-2. The van der Waals surface area contributed by atoms with Gasteiger partial charge < -0.3 is 18.3 Å². The number of hydrogen-bond donors (Lipinski definition) is 0. The first-order valence-electron chi connectivity index (χ1n) is 40.8. The number of para-hydroxylation sites is 2. The quantitative estimate of drug-likeness (QED) is 0.107. The van der Waals surface area contributed by atoms with Crippen molar-refractivity contribution in [2.24, 2.45) is 0 Å². The van der Waals surface area contributed by atoms with Gasteiger partial charge in [-0.2, -0.15) is 18.2 Å². The molecule has 13 aromatic carbocycles. The van der Waals surface area contributed by atoms with Crippen molar-refractivity contribution in [2.45, 2.75) is 39.9 Å². The molecule has 1 aliphatic rings. The van der Waals surface area contributed by atoms with Crippen molar-refractivity contribution >= 4 is 54.8 Å². The van der Waals surface area contributed by atoms with Crippen molar-refractivity contribution in [1.29, 1.82) is 0 Å². The van der Waals surface area contributed by atoms with Crippen molar-refractivity contribution in [3.63, 3.8) is 0 Å². The Bertz CT molecular complexity index is 6910. The Labute approximate surface area is 604 Å². The van der Waals surface area contributed by atoms with Gasteiger partial charge in [-0.15, -0.1) is 29.7 Å². The summed E-state index contributed by atoms with van der Waals surface area (Å²) < 4.78 is 195. The molecule has 1 aliphatic heterocycles. The van der Waals surface area contributed by atoms with E-state index in [1.807, 2.05) is 144 Å². The molecule has 97 heavy (non-hydrogen) atoms. The van der Waals surface area contributed by atoms with Crippen LogP contribution in [-0.4, -0.2) is 14.1 Å². The van der Waals surface area contributed by atoms with E-state index in [0.29, 0.717) is 89.3 Å². The maximum absolute atomic E-state index is 10.5. The molecular weight excluding hydrogens is 1360 g/mol. The van der Waals surface area contributed by atoms with Gasteiger partial charge in [-0.25, -0.2) is 4.98 Å². The van der Waals surface area contributed by atoms with Crippen molar-refractivity contribution in [1.82, 2.24) is 14.1 Å². The molecule has 6 nitrogen and oxygen atoms in total. The molecule has 0 N–H and O–H groups in total. The normalized spacial score (nSPS) is 14.9. The Kier molecular flexibility index (Phi) is 10.2. The fourth-order valence-corrected chi connectivity index (χ4v) is 13.6. The number of hydrogen-bond acceptors (Lipinski definition) is 3. The molecule has 18 rings (SSSR count). The summed E-state index contributed by atoms with van der Waals surface area (Å²) in [5.74, 6) is 1.18. The van der Waals surface area contributed by atoms with Crippen LogP contribution in [0.2, 0.25) is 0 Å². The Hall–Kier alpha value is -11.4. The molecule has 17 aromatic rings. The first-order chi connectivity index (χ1) is 54.9. The van der Waals surface area contributed by atoms with E-state index in [1.165, 1.54) is 18.2 Å². The van der Waals surface area contributed by atoms with Crippen molar-refractivity contribution in [3.05, 3.63) is 320 Å². The summed E-state index contributed by atoms with van der Waals surface area (Å²) in [5, 5.41) is 3.35. The molecule has 0 saturated heterocycles. The average molecular weight is 1450 g/mol. The predicted octanol–water partition coefficient (Wildman–Crippen LogP) is 23.1. The minimum Gasteiger partial charge on any atom is -0.510 e. The number of aromatic nitrogens is 4. The van der Waals surface area contributed by atoms with E-state index < -0.39 is 115 Å². The van der Waals surface area contributed by atoms with E-state index >= 15 is 0 Å².